The molecule has 0 spiro atoms. The Bertz CT molecular complexity index is 1180. The molecule has 2 aromatic carbocycles. The Hall–Kier alpha value is -3.86. The van der Waals surface area contributed by atoms with Crippen LogP contribution in [-0.2, 0) is 4.79 Å². The van der Waals surface area contributed by atoms with Gasteiger partial charge in [-0.3, -0.25) is 9.89 Å². The fraction of sp³-hybridized carbons (Fsp3) is 0.261. The molecule has 1 saturated carbocycles. The monoisotopic (exact) mass is 474 g/mol. The minimum atomic E-state index is -5.08. The van der Waals surface area contributed by atoms with Crippen molar-refractivity contribution in [3.8, 4) is 22.8 Å². The zero-order valence-corrected chi connectivity index (χ0v) is 17.7. The Morgan fingerprint density at radius 3 is 2.41 bits per heavy atom. The number of carboxylic acid groups (broad SMARTS) is 1. The molecule has 3 aromatic rings. The van der Waals surface area contributed by atoms with Crippen molar-refractivity contribution in [3.05, 3.63) is 66.4 Å². The highest BCUT2D eigenvalue weighted by atomic mass is 19.4. The van der Waals surface area contributed by atoms with Crippen LogP contribution >= 0.6 is 0 Å². The predicted molar refractivity (Wildman–Crippen MR) is 115 cm³/mol. The molecule has 1 saturated heterocycles. The van der Waals surface area contributed by atoms with Gasteiger partial charge in [-0.1, -0.05) is 30.3 Å². The number of carboxylic acids is 1. The predicted octanol–water partition coefficient (Wildman–Crippen LogP) is 3.59. The number of fused-ring (bicyclic) bond motifs is 1. The minimum absolute atomic E-state index is 0.0650. The Kier molecular flexibility index (Phi) is 6.29. The molecular formula is C23H21F3N4O4. The number of nitrogens with one attached hydrogen (secondary N) is 3. The van der Waals surface area contributed by atoms with E-state index in [4.69, 9.17) is 14.6 Å². The van der Waals surface area contributed by atoms with Gasteiger partial charge < -0.3 is 20.5 Å². The van der Waals surface area contributed by atoms with Crippen molar-refractivity contribution in [2.45, 2.75) is 18.1 Å². The number of ether oxygens (including phenoxy) is 1. The Morgan fingerprint density at radius 1 is 1.12 bits per heavy atom. The molecule has 8 nitrogen and oxygen atoms in total. The van der Waals surface area contributed by atoms with Crippen LogP contribution in [0, 0.1) is 5.92 Å². The second kappa shape index (κ2) is 9.18. The molecule has 2 unspecified atom stereocenters. The van der Waals surface area contributed by atoms with Crippen molar-refractivity contribution in [1.82, 2.24) is 20.8 Å². The van der Waals surface area contributed by atoms with Gasteiger partial charge in [-0.2, -0.15) is 18.3 Å². The van der Waals surface area contributed by atoms with Crippen LogP contribution in [0.1, 0.15) is 16.9 Å². The highest BCUT2D eigenvalue weighted by molar-refractivity contribution is 5.94. The molecule has 11 heteroatoms. The van der Waals surface area contributed by atoms with Gasteiger partial charge in [0.15, 0.2) is 5.69 Å². The van der Waals surface area contributed by atoms with Crippen molar-refractivity contribution in [1.29, 1.82) is 0 Å². The van der Waals surface area contributed by atoms with Gasteiger partial charge in [-0.25, -0.2) is 4.79 Å². The van der Waals surface area contributed by atoms with Gasteiger partial charge in [0, 0.05) is 18.7 Å². The van der Waals surface area contributed by atoms with E-state index in [1.807, 2.05) is 54.6 Å². The van der Waals surface area contributed by atoms with E-state index in [0.29, 0.717) is 17.4 Å². The standard InChI is InChI=1S/C21H20N4O2.C2HF3O2/c26-20(23-21-11-14(21)12-22-13-21)18-10-17(24-25-18)16-8-4-5-9-19(16)27-15-6-2-1-3-7-15;3-2(4,5)1(6)7/h1-10,14,22H,11-13H2,(H,23,26)(H,24,25);(H,6,7). The highest BCUT2D eigenvalue weighted by Crippen LogP contribution is 2.46. The van der Waals surface area contributed by atoms with Crippen LogP contribution < -0.4 is 15.4 Å². The Balaban J connectivity index is 0.000000344. The SMILES string of the molecule is O=C(NC12CNCC1C2)c1cc(-c2ccccc2Oc2ccccc2)[nH]n1.O=C(O)C(F)(F)F. The lowest BCUT2D eigenvalue weighted by atomic mass is 10.1. The van der Waals surface area contributed by atoms with E-state index in [9.17, 15) is 18.0 Å². The Labute approximate surface area is 192 Å². The summed E-state index contributed by atoms with van der Waals surface area (Å²) in [6.45, 7) is 1.82. The summed E-state index contributed by atoms with van der Waals surface area (Å²) < 4.78 is 37.7. The lowest BCUT2D eigenvalue weighted by molar-refractivity contribution is -0.192. The average Bonchev–Trinajstić information content (AvgIpc) is 3.14. The van der Waals surface area contributed by atoms with Crippen molar-refractivity contribution in [3.63, 3.8) is 0 Å². The number of aromatic nitrogens is 2. The minimum Gasteiger partial charge on any atom is -0.475 e. The van der Waals surface area contributed by atoms with Crippen LogP contribution in [0.4, 0.5) is 13.2 Å². The molecule has 0 radical (unpaired) electrons. The molecule has 1 aliphatic carbocycles. The number of rotatable bonds is 5. The maximum Gasteiger partial charge on any atom is 0.490 e. The summed E-state index contributed by atoms with van der Waals surface area (Å²) in [5, 5.41) is 20.8. The van der Waals surface area contributed by atoms with E-state index < -0.39 is 12.1 Å². The number of hydrogen-bond acceptors (Lipinski definition) is 5. The molecule has 2 fully saturated rings. The zero-order valence-electron chi connectivity index (χ0n) is 17.7. The molecule has 1 amide bonds. The van der Waals surface area contributed by atoms with E-state index in [0.717, 1.165) is 36.5 Å². The van der Waals surface area contributed by atoms with Crippen LogP contribution in [0.3, 0.4) is 0 Å². The fourth-order valence-corrected chi connectivity index (χ4v) is 3.79. The van der Waals surface area contributed by atoms with Gasteiger partial charge in [-0.15, -0.1) is 0 Å². The number of hydrogen-bond donors (Lipinski definition) is 4. The first-order valence-corrected chi connectivity index (χ1v) is 10.4. The molecule has 1 aliphatic heterocycles. The van der Waals surface area contributed by atoms with Gasteiger partial charge in [0.25, 0.3) is 5.91 Å². The number of nitrogens with zero attached hydrogens (tertiary/aromatic N) is 1. The first-order valence-electron chi connectivity index (χ1n) is 10.4. The Morgan fingerprint density at radius 2 is 1.79 bits per heavy atom. The summed E-state index contributed by atoms with van der Waals surface area (Å²) in [5.74, 6) is -0.868. The number of alkyl halides is 3. The van der Waals surface area contributed by atoms with Gasteiger partial charge in [0.2, 0.25) is 0 Å². The number of halogens is 3. The smallest absolute Gasteiger partial charge is 0.475 e. The molecule has 34 heavy (non-hydrogen) atoms. The maximum absolute atomic E-state index is 12.6. The lowest BCUT2D eigenvalue weighted by Gasteiger charge is -2.12. The number of piperidine rings is 1. The summed E-state index contributed by atoms with van der Waals surface area (Å²) in [4.78, 5) is 21.5. The van der Waals surface area contributed by atoms with E-state index in [1.165, 1.54) is 0 Å². The number of para-hydroxylation sites is 2. The second-order valence-electron chi connectivity index (χ2n) is 8.02. The van der Waals surface area contributed by atoms with Crippen LogP contribution in [-0.4, -0.2) is 52.0 Å². The molecule has 178 valence electrons. The first-order chi connectivity index (χ1) is 16.2. The average molecular weight is 474 g/mol. The number of carbonyl (C=O) groups is 2. The van der Waals surface area contributed by atoms with E-state index >= 15 is 0 Å². The van der Waals surface area contributed by atoms with Gasteiger partial charge >= 0.3 is 12.1 Å². The number of benzene rings is 2. The fourth-order valence-electron chi connectivity index (χ4n) is 3.79. The topological polar surface area (TPSA) is 116 Å². The van der Waals surface area contributed by atoms with Crippen molar-refractivity contribution in [2.24, 2.45) is 5.92 Å². The summed E-state index contributed by atoms with van der Waals surface area (Å²) >= 11 is 0. The molecule has 4 N–H and O–H groups in total. The van der Waals surface area contributed by atoms with Gasteiger partial charge in [0.05, 0.1) is 11.2 Å². The zero-order chi connectivity index (χ0) is 24.3. The molecule has 2 atom stereocenters. The van der Waals surface area contributed by atoms with Crippen LogP contribution in [0.2, 0.25) is 0 Å². The van der Waals surface area contributed by atoms with Crippen molar-refractivity contribution >= 4 is 11.9 Å². The van der Waals surface area contributed by atoms with E-state index in [1.54, 1.807) is 6.07 Å². The third-order valence-corrected chi connectivity index (χ3v) is 5.63. The molecule has 2 aliphatic rings. The summed E-state index contributed by atoms with van der Waals surface area (Å²) in [7, 11) is 0. The maximum atomic E-state index is 12.6. The third-order valence-electron chi connectivity index (χ3n) is 5.63. The largest absolute Gasteiger partial charge is 0.490 e. The molecule has 0 bridgehead atoms. The highest BCUT2D eigenvalue weighted by Gasteiger charge is 2.58. The number of amides is 1. The van der Waals surface area contributed by atoms with E-state index in [2.05, 4.69) is 20.8 Å². The molecule has 5 rings (SSSR count). The summed E-state index contributed by atoms with van der Waals surface area (Å²) in [6, 6.07) is 19.1. The van der Waals surface area contributed by atoms with Crippen molar-refractivity contribution < 1.29 is 32.6 Å². The number of aliphatic carboxylic acids is 1. The summed E-state index contributed by atoms with van der Waals surface area (Å²) in [6.07, 6.45) is -4.03. The second-order valence-corrected chi connectivity index (χ2v) is 8.02. The quantitative estimate of drug-likeness (QED) is 0.449. The first kappa shape index (κ1) is 23.3. The molecular weight excluding hydrogens is 453 g/mol. The third kappa shape index (κ3) is 5.20. The number of aromatic amines is 1. The number of H-pyrrole nitrogens is 1. The van der Waals surface area contributed by atoms with Crippen LogP contribution in [0.25, 0.3) is 11.3 Å². The lowest BCUT2D eigenvalue weighted by Crippen LogP contribution is -2.41. The normalized spacial score (nSPS) is 20.5. The number of carbonyl (C=O) groups excluding carboxylic acids is 1. The van der Waals surface area contributed by atoms with Gasteiger partial charge in [0.1, 0.15) is 11.5 Å². The van der Waals surface area contributed by atoms with Crippen LogP contribution in [0.5, 0.6) is 11.5 Å². The van der Waals surface area contributed by atoms with Gasteiger partial charge in [-0.05, 0) is 42.7 Å². The van der Waals surface area contributed by atoms with Crippen LogP contribution in [0.15, 0.2) is 60.7 Å². The summed E-state index contributed by atoms with van der Waals surface area (Å²) in [5.41, 5.74) is 1.94. The molecule has 2 heterocycles. The molecule has 1 aromatic heterocycles. The van der Waals surface area contributed by atoms with Crippen molar-refractivity contribution in [2.75, 3.05) is 13.1 Å². The van der Waals surface area contributed by atoms with E-state index in [-0.39, 0.29) is 11.4 Å².